The van der Waals surface area contributed by atoms with E-state index in [0.717, 1.165) is 25.2 Å². The molecule has 1 fully saturated rings. The SMILES string of the molecule is O=C(NCC(O)CN1CCc2ccccc2C1)c1cncc(NC2COC2)c1. The molecule has 3 heterocycles. The highest BCUT2D eigenvalue weighted by molar-refractivity contribution is 5.94. The van der Waals surface area contributed by atoms with Crippen LogP contribution in [-0.2, 0) is 17.7 Å². The third-order valence-electron chi connectivity index (χ3n) is 5.19. The Morgan fingerprint density at radius 3 is 2.89 bits per heavy atom. The largest absolute Gasteiger partial charge is 0.390 e. The average molecular weight is 382 g/mol. The van der Waals surface area contributed by atoms with Crippen molar-refractivity contribution in [3.63, 3.8) is 0 Å². The fourth-order valence-electron chi connectivity index (χ4n) is 3.58. The molecule has 0 spiro atoms. The van der Waals surface area contributed by atoms with Crippen LogP contribution in [0, 0.1) is 0 Å². The molecule has 4 rings (SSSR count). The molecule has 1 unspecified atom stereocenters. The molecule has 1 amide bonds. The molecule has 1 aromatic heterocycles. The van der Waals surface area contributed by atoms with Crippen molar-refractivity contribution in [1.82, 2.24) is 15.2 Å². The van der Waals surface area contributed by atoms with Crippen LogP contribution in [0.3, 0.4) is 0 Å². The minimum atomic E-state index is -0.615. The number of aromatic nitrogens is 1. The van der Waals surface area contributed by atoms with Crippen molar-refractivity contribution in [2.75, 3.05) is 38.2 Å². The first kappa shape index (κ1) is 18.9. The summed E-state index contributed by atoms with van der Waals surface area (Å²) in [6, 6.07) is 10.5. The fourth-order valence-corrected chi connectivity index (χ4v) is 3.58. The number of aliphatic hydroxyl groups is 1. The van der Waals surface area contributed by atoms with Gasteiger partial charge in [-0.25, -0.2) is 0 Å². The van der Waals surface area contributed by atoms with Crippen LogP contribution in [0.4, 0.5) is 5.69 Å². The third-order valence-corrected chi connectivity index (χ3v) is 5.19. The number of carbonyl (C=O) groups is 1. The summed E-state index contributed by atoms with van der Waals surface area (Å²) in [6.07, 6.45) is 3.60. The number of amides is 1. The van der Waals surface area contributed by atoms with E-state index in [1.54, 1.807) is 12.3 Å². The van der Waals surface area contributed by atoms with Crippen LogP contribution in [-0.4, -0.2) is 65.9 Å². The monoisotopic (exact) mass is 382 g/mol. The van der Waals surface area contributed by atoms with E-state index in [0.29, 0.717) is 25.3 Å². The lowest BCUT2D eigenvalue weighted by molar-refractivity contribution is 0.0211. The first-order valence-corrected chi connectivity index (χ1v) is 9.72. The normalized spacial score (nSPS) is 18.0. The van der Waals surface area contributed by atoms with E-state index >= 15 is 0 Å². The van der Waals surface area contributed by atoms with E-state index in [1.807, 2.05) is 6.07 Å². The van der Waals surface area contributed by atoms with Crippen LogP contribution < -0.4 is 10.6 Å². The Morgan fingerprint density at radius 1 is 1.29 bits per heavy atom. The summed E-state index contributed by atoms with van der Waals surface area (Å²) >= 11 is 0. The molecule has 1 saturated heterocycles. The highest BCUT2D eigenvalue weighted by Gasteiger charge is 2.20. The fraction of sp³-hybridized carbons (Fsp3) is 0.429. The lowest BCUT2D eigenvalue weighted by Gasteiger charge is -2.30. The van der Waals surface area contributed by atoms with Crippen LogP contribution in [0.5, 0.6) is 0 Å². The molecular weight excluding hydrogens is 356 g/mol. The lowest BCUT2D eigenvalue weighted by Crippen LogP contribution is -2.42. The predicted octanol–water partition coefficient (Wildman–Crippen LogP) is 1.04. The van der Waals surface area contributed by atoms with Crippen molar-refractivity contribution >= 4 is 11.6 Å². The molecule has 0 radical (unpaired) electrons. The number of aliphatic hydroxyl groups excluding tert-OH is 1. The van der Waals surface area contributed by atoms with Gasteiger partial charge in [-0.15, -0.1) is 0 Å². The van der Waals surface area contributed by atoms with Gasteiger partial charge in [0, 0.05) is 38.6 Å². The average Bonchev–Trinajstić information content (AvgIpc) is 2.69. The summed E-state index contributed by atoms with van der Waals surface area (Å²) in [5, 5.41) is 16.4. The molecule has 3 N–H and O–H groups in total. The number of β-amino-alcohol motifs (C(OH)–C–C–N with tert-alkyl or cyclic N) is 1. The molecule has 2 aromatic rings. The van der Waals surface area contributed by atoms with E-state index in [1.165, 1.54) is 17.3 Å². The molecule has 1 aromatic carbocycles. The maximum absolute atomic E-state index is 12.4. The number of benzene rings is 1. The molecule has 0 saturated carbocycles. The summed E-state index contributed by atoms with van der Waals surface area (Å²) in [7, 11) is 0. The van der Waals surface area contributed by atoms with Crippen molar-refractivity contribution in [1.29, 1.82) is 0 Å². The number of ether oxygens (including phenoxy) is 1. The number of hydrogen-bond acceptors (Lipinski definition) is 6. The van der Waals surface area contributed by atoms with Crippen LogP contribution in [0.15, 0.2) is 42.7 Å². The summed E-state index contributed by atoms with van der Waals surface area (Å²) in [5.41, 5.74) is 3.98. The van der Waals surface area contributed by atoms with E-state index in [2.05, 4.69) is 38.7 Å². The number of nitrogens with one attached hydrogen (secondary N) is 2. The van der Waals surface area contributed by atoms with Crippen LogP contribution in [0.2, 0.25) is 0 Å². The zero-order valence-corrected chi connectivity index (χ0v) is 15.8. The van der Waals surface area contributed by atoms with E-state index < -0.39 is 6.10 Å². The van der Waals surface area contributed by atoms with E-state index in [-0.39, 0.29) is 18.5 Å². The predicted molar refractivity (Wildman–Crippen MR) is 106 cm³/mol. The Balaban J connectivity index is 1.25. The third kappa shape index (κ3) is 4.67. The van der Waals surface area contributed by atoms with Gasteiger partial charge in [0.15, 0.2) is 0 Å². The Bertz CT molecular complexity index is 825. The Hall–Kier alpha value is -2.48. The van der Waals surface area contributed by atoms with Gasteiger partial charge in [0.05, 0.1) is 36.6 Å². The number of anilines is 1. The van der Waals surface area contributed by atoms with Crippen molar-refractivity contribution in [3.05, 3.63) is 59.4 Å². The molecule has 7 heteroatoms. The molecule has 2 aliphatic rings. The van der Waals surface area contributed by atoms with Gasteiger partial charge < -0.3 is 20.5 Å². The van der Waals surface area contributed by atoms with Crippen molar-refractivity contribution in [2.24, 2.45) is 0 Å². The van der Waals surface area contributed by atoms with Crippen molar-refractivity contribution in [3.8, 4) is 0 Å². The summed E-state index contributed by atoms with van der Waals surface area (Å²) in [4.78, 5) is 18.8. The smallest absolute Gasteiger partial charge is 0.253 e. The maximum Gasteiger partial charge on any atom is 0.253 e. The minimum absolute atomic E-state index is 0.213. The van der Waals surface area contributed by atoms with E-state index in [9.17, 15) is 9.90 Å². The molecule has 0 aliphatic carbocycles. The topological polar surface area (TPSA) is 86.7 Å². The first-order chi connectivity index (χ1) is 13.7. The number of hydrogen-bond donors (Lipinski definition) is 3. The van der Waals surface area contributed by atoms with Gasteiger partial charge in [-0.1, -0.05) is 24.3 Å². The highest BCUT2D eigenvalue weighted by atomic mass is 16.5. The summed E-state index contributed by atoms with van der Waals surface area (Å²) in [6.45, 7) is 3.85. The van der Waals surface area contributed by atoms with Crippen LogP contribution in [0.1, 0.15) is 21.5 Å². The number of nitrogens with zero attached hydrogens (tertiary/aromatic N) is 2. The van der Waals surface area contributed by atoms with Gasteiger partial charge in [-0.05, 0) is 23.6 Å². The van der Waals surface area contributed by atoms with Crippen molar-refractivity contribution < 1.29 is 14.6 Å². The van der Waals surface area contributed by atoms with Crippen LogP contribution >= 0.6 is 0 Å². The number of carbonyl (C=O) groups excluding carboxylic acids is 1. The number of rotatable bonds is 7. The second-order valence-electron chi connectivity index (χ2n) is 7.46. The van der Waals surface area contributed by atoms with E-state index in [4.69, 9.17) is 4.74 Å². The van der Waals surface area contributed by atoms with Crippen LogP contribution in [0.25, 0.3) is 0 Å². The zero-order valence-electron chi connectivity index (χ0n) is 15.8. The summed E-state index contributed by atoms with van der Waals surface area (Å²) in [5.74, 6) is -0.232. The summed E-state index contributed by atoms with van der Waals surface area (Å²) < 4.78 is 5.14. The zero-order chi connectivity index (χ0) is 19.3. The number of fused-ring (bicyclic) bond motifs is 1. The second-order valence-corrected chi connectivity index (χ2v) is 7.46. The molecule has 1 atom stereocenters. The van der Waals surface area contributed by atoms with Gasteiger partial charge in [0.25, 0.3) is 5.91 Å². The lowest BCUT2D eigenvalue weighted by atomic mass is 10.00. The Kier molecular flexibility index (Phi) is 5.85. The maximum atomic E-state index is 12.4. The van der Waals surface area contributed by atoms with Gasteiger partial charge in [0.2, 0.25) is 0 Å². The molecule has 2 aliphatic heterocycles. The molecule has 7 nitrogen and oxygen atoms in total. The quantitative estimate of drug-likeness (QED) is 0.663. The Morgan fingerprint density at radius 2 is 2.11 bits per heavy atom. The second kappa shape index (κ2) is 8.68. The molecule has 148 valence electrons. The number of pyridine rings is 1. The highest BCUT2D eigenvalue weighted by Crippen LogP contribution is 2.18. The van der Waals surface area contributed by atoms with Gasteiger partial charge in [-0.3, -0.25) is 14.7 Å². The Labute approximate surface area is 164 Å². The first-order valence-electron chi connectivity index (χ1n) is 9.72. The molecule has 0 bridgehead atoms. The van der Waals surface area contributed by atoms with Gasteiger partial charge in [-0.2, -0.15) is 0 Å². The standard InChI is InChI=1S/C21H26N4O3/c26-20(12-25-6-5-15-3-1-2-4-16(15)11-25)10-23-21(27)17-7-18(9-22-8-17)24-19-13-28-14-19/h1-4,7-9,19-20,24,26H,5-6,10-14H2,(H,23,27). The van der Waals surface area contributed by atoms with Crippen molar-refractivity contribution in [2.45, 2.75) is 25.1 Å². The molecular formula is C21H26N4O3. The molecule has 28 heavy (non-hydrogen) atoms. The van der Waals surface area contributed by atoms with Gasteiger partial charge in [0.1, 0.15) is 0 Å². The van der Waals surface area contributed by atoms with Gasteiger partial charge >= 0.3 is 0 Å². The minimum Gasteiger partial charge on any atom is -0.390 e.